The lowest BCUT2D eigenvalue weighted by Gasteiger charge is -2.27. The van der Waals surface area contributed by atoms with Gasteiger partial charge in [0, 0.05) is 18.3 Å². The highest BCUT2D eigenvalue weighted by atomic mass is 15.3. The van der Waals surface area contributed by atoms with Crippen molar-refractivity contribution in [1.29, 1.82) is 0 Å². The van der Waals surface area contributed by atoms with Crippen molar-refractivity contribution in [3.63, 3.8) is 0 Å². The maximum absolute atomic E-state index is 6.03. The first kappa shape index (κ1) is 13.2. The summed E-state index contributed by atoms with van der Waals surface area (Å²) in [4.78, 5) is 0. The zero-order valence-electron chi connectivity index (χ0n) is 11.7. The van der Waals surface area contributed by atoms with E-state index in [4.69, 9.17) is 5.73 Å². The minimum Gasteiger partial charge on any atom is -0.380 e. The molecule has 2 unspecified atom stereocenters. The molecule has 20 heavy (non-hydrogen) atoms. The summed E-state index contributed by atoms with van der Waals surface area (Å²) in [7, 11) is 0. The van der Waals surface area contributed by atoms with Gasteiger partial charge in [0.05, 0.1) is 18.4 Å². The van der Waals surface area contributed by atoms with Crippen LogP contribution < -0.4 is 11.1 Å². The van der Waals surface area contributed by atoms with E-state index in [-0.39, 0.29) is 0 Å². The second kappa shape index (κ2) is 6.09. The highest BCUT2D eigenvalue weighted by Gasteiger charge is 2.19. The van der Waals surface area contributed by atoms with Crippen LogP contribution in [-0.4, -0.2) is 21.9 Å². The Hall–Kier alpha value is -1.81. The van der Waals surface area contributed by atoms with Crippen molar-refractivity contribution in [3.05, 3.63) is 48.3 Å². The number of hydrogen-bond donors (Lipinski definition) is 2. The molecule has 1 fully saturated rings. The van der Waals surface area contributed by atoms with Gasteiger partial charge in [0.2, 0.25) is 0 Å². The molecule has 4 nitrogen and oxygen atoms in total. The highest BCUT2D eigenvalue weighted by molar-refractivity contribution is 5.39. The Morgan fingerprint density at radius 3 is 2.90 bits per heavy atom. The molecule has 106 valence electrons. The van der Waals surface area contributed by atoms with E-state index >= 15 is 0 Å². The summed E-state index contributed by atoms with van der Waals surface area (Å²) < 4.78 is 1.97. The van der Waals surface area contributed by atoms with Gasteiger partial charge in [-0.05, 0) is 31.2 Å². The minimum absolute atomic E-state index is 0.348. The summed E-state index contributed by atoms with van der Waals surface area (Å²) in [5.41, 5.74) is 8.39. The Bertz CT molecular complexity index is 534. The normalized spacial score (nSPS) is 22.6. The molecule has 1 heterocycles. The van der Waals surface area contributed by atoms with Gasteiger partial charge in [-0.25, -0.2) is 0 Å². The van der Waals surface area contributed by atoms with Crippen molar-refractivity contribution < 1.29 is 0 Å². The lowest BCUT2D eigenvalue weighted by Crippen LogP contribution is -2.34. The monoisotopic (exact) mass is 270 g/mol. The molecule has 0 saturated heterocycles. The number of rotatable bonds is 4. The summed E-state index contributed by atoms with van der Waals surface area (Å²) in [6.45, 7) is 0.812. The third kappa shape index (κ3) is 3.39. The number of aromatic nitrogens is 2. The Morgan fingerprint density at radius 1 is 1.25 bits per heavy atom. The average molecular weight is 270 g/mol. The molecule has 1 aromatic carbocycles. The molecule has 2 atom stereocenters. The summed E-state index contributed by atoms with van der Waals surface area (Å²) in [6.07, 6.45) is 8.63. The summed E-state index contributed by atoms with van der Waals surface area (Å²) >= 11 is 0. The average Bonchev–Trinajstić information content (AvgIpc) is 2.87. The first-order valence-electron chi connectivity index (χ1n) is 7.38. The van der Waals surface area contributed by atoms with Crippen molar-refractivity contribution >= 4 is 5.69 Å². The molecule has 0 bridgehead atoms. The van der Waals surface area contributed by atoms with Crippen molar-refractivity contribution in [2.75, 3.05) is 5.32 Å². The van der Waals surface area contributed by atoms with Crippen LogP contribution in [0, 0.1) is 0 Å². The standard InChI is InChI=1S/C16H22N4/c17-14-7-4-8-15(9-14)19-16-10-18-20(12-16)11-13-5-2-1-3-6-13/h1-3,5-6,10,12,14-15,19H,4,7-9,11,17H2. The molecule has 0 spiro atoms. The van der Waals surface area contributed by atoms with Crippen LogP contribution in [0.15, 0.2) is 42.7 Å². The Labute approximate surface area is 120 Å². The van der Waals surface area contributed by atoms with Crippen LogP contribution in [0.3, 0.4) is 0 Å². The molecule has 0 radical (unpaired) electrons. The van der Waals surface area contributed by atoms with Crippen molar-refractivity contribution in [2.45, 2.75) is 44.3 Å². The molecule has 0 amide bonds. The van der Waals surface area contributed by atoms with Crippen molar-refractivity contribution in [3.8, 4) is 0 Å². The summed E-state index contributed by atoms with van der Waals surface area (Å²) in [6, 6.07) is 11.2. The van der Waals surface area contributed by atoms with Crippen molar-refractivity contribution in [2.24, 2.45) is 5.73 Å². The Kier molecular flexibility index (Phi) is 4.02. The highest BCUT2D eigenvalue weighted by Crippen LogP contribution is 2.21. The van der Waals surface area contributed by atoms with Gasteiger partial charge in [-0.1, -0.05) is 30.3 Å². The minimum atomic E-state index is 0.348. The van der Waals surface area contributed by atoms with E-state index < -0.39 is 0 Å². The van der Waals surface area contributed by atoms with E-state index in [1.807, 2.05) is 16.9 Å². The fraction of sp³-hybridized carbons (Fsp3) is 0.438. The molecule has 1 aliphatic carbocycles. The fourth-order valence-electron chi connectivity index (χ4n) is 2.89. The molecule has 1 saturated carbocycles. The zero-order valence-corrected chi connectivity index (χ0v) is 11.7. The summed E-state index contributed by atoms with van der Waals surface area (Å²) in [5, 5.41) is 7.97. The van der Waals surface area contributed by atoms with Gasteiger partial charge in [-0.15, -0.1) is 0 Å². The number of nitrogens with one attached hydrogen (secondary N) is 1. The van der Waals surface area contributed by atoms with Gasteiger partial charge >= 0.3 is 0 Å². The van der Waals surface area contributed by atoms with E-state index in [0.717, 1.165) is 25.1 Å². The van der Waals surface area contributed by atoms with E-state index in [0.29, 0.717) is 12.1 Å². The van der Waals surface area contributed by atoms with Crippen molar-refractivity contribution in [1.82, 2.24) is 9.78 Å². The molecule has 1 aromatic heterocycles. The van der Waals surface area contributed by atoms with E-state index in [1.54, 1.807) is 0 Å². The van der Waals surface area contributed by atoms with Crippen LogP contribution in [0.1, 0.15) is 31.2 Å². The first-order valence-corrected chi connectivity index (χ1v) is 7.38. The third-order valence-corrected chi connectivity index (χ3v) is 3.91. The largest absolute Gasteiger partial charge is 0.380 e. The van der Waals surface area contributed by atoms with E-state index in [9.17, 15) is 0 Å². The second-order valence-corrected chi connectivity index (χ2v) is 5.68. The van der Waals surface area contributed by atoms with Crippen LogP contribution in [0.2, 0.25) is 0 Å². The topological polar surface area (TPSA) is 55.9 Å². The molecule has 0 aliphatic heterocycles. The lowest BCUT2D eigenvalue weighted by molar-refractivity contribution is 0.409. The number of anilines is 1. The quantitative estimate of drug-likeness (QED) is 0.898. The number of benzene rings is 1. The third-order valence-electron chi connectivity index (χ3n) is 3.91. The molecule has 4 heteroatoms. The number of nitrogens with two attached hydrogens (primary N) is 1. The van der Waals surface area contributed by atoms with Crippen LogP contribution in [-0.2, 0) is 6.54 Å². The smallest absolute Gasteiger partial charge is 0.0728 e. The van der Waals surface area contributed by atoms with E-state index in [2.05, 4.69) is 40.9 Å². The van der Waals surface area contributed by atoms with Gasteiger partial charge < -0.3 is 11.1 Å². The SMILES string of the molecule is NC1CCCC(Nc2cnn(Cc3ccccc3)c2)C1. The zero-order chi connectivity index (χ0) is 13.8. The molecular formula is C16H22N4. The Balaban J connectivity index is 1.59. The van der Waals surface area contributed by atoms with Gasteiger partial charge in [0.25, 0.3) is 0 Å². The summed E-state index contributed by atoms with van der Waals surface area (Å²) in [5.74, 6) is 0. The lowest BCUT2D eigenvalue weighted by atomic mass is 9.91. The van der Waals surface area contributed by atoms with Gasteiger partial charge in [0.15, 0.2) is 0 Å². The van der Waals surface area contributed by atoms with Crippen LogP contribution in [0.4, 0.5) is 5.69 Å². The van der Waals surface area contributed by atoms with Gasteiger partial charge in [0.1, 0.15) is 0 Å². The number of nitrogens with zero attached hydrogens (tertiary/aromatic N) is 2. The molecule has 3 rings (SSSR count). The first-order chi connectivity index (χ1) is 9.79. The van der Waals surface area contributed by atoms with Gasteiger partial charge in [-0.2, -0.15) is 5.10 Å². The second-order valence-electron chi connectivity index (χ2n) is 5.68. The van der Waals surface area contributed by atoms with Crippen LogP contribution in [0.25, 0.3) is 0 Å². The maximum Gasteiger partial charge on any atom is 0.0728 e. The molecular weight excluding hydrogens is 248 g/mol. The molecule has 2 aromatic rings. The Morgan fingerprint density at radius 2 is 2.10 bits per heavy atom. The molecule has 3 N–H and O–H groups in total. The van der Waals surface area contributed by atoms with E-state index in [1.165, 1.54) is 18.4 Å². The maximum atomic E-state index is 6.03. The van der Waals surface area contributed by atoms with Crippen LogP contribution in [0.5, 0.6) is 0 Å². The molecule has 1 aliphatic rings. The predicted molar refractivity (Wildman–Crippen MR) is 81.6 cm³/mol. The predicted octanol–water partition coefficient (Wildman–Crippen LogP) is 2.61. The number of hydrogen-bond acceptors (Lipinski definition) is 3. The van der Waals surface area contributed by atoms with Crippen LogP contribution >= 0.6 is 0 Å². The van der Waals surface area contributed by atoms with Gasteiger partial charge in [-0.3, -0.25) is 4.68 Å². The fourth-order valence-corrected chi connectivity index (χ4v) is 2.89.